The molecule has 0 spiro atoms. The summed E-state index contributed by atoms with van der Waals surface area (Å²) in [5.74, 6) is 2.23. The van der Waals surface area contributed by atoms with E-state index in [2.05, 4.69) is 24.6 Å². The van der Waals surface area contributed by atoms with Crippen molar-refractivity contribution >= 4 is 28.4 Å². The zero-order valence-corrected chi connectivity index (χ0v) is 18.6. The second-order valence-electron chi connectivity index (χ2n) is 8.52. The summed E-state index contributed by atoms with van der Waals surface area (Å²) in [6.45, 7) is 6.78. The molecule has 8 heteroatoms. The molecule has 1 aromatic carbocycles. The van der Waals surface area contributed by atoms with E-state index in [4.69, 9.17) is 11.6 Å². The highest BCUT2D eigenvalue weighted by atomic mass is 35.5. The zero-order valence-electron chi connectivity index (χ0n) is 17.8. The topological polar surface area (TPSA) is 67.2 Å². The van der Waals surface area contributed by atoms with Crippen LogP contribution < -0.4 is 0 Å². The summed E-state index contributed by atoms with van der Waals surface area (Å²) < 4.78 is 2.31. The molecule has 0 atom stereocenters. The molecule has 2 aliphatic rings. The van der Waals surface area contributed by atoms with Crippen LogP contribution in [0.1, 0.15) is 47.0 Å². The molecule has 0 radical (unpaired) electrons. The van der Waals surface area contributed by atoms with Crippen molar-refractivity contribution in [2.75, 3.05) is 26.2 Å². The first kappa shape index (κ1) is 20.4. The van der Waals surface area contributed by atoms with E-state index in [1.165, 1.54) is 19.3 Å². The normalized spacial score (nSPS) is 17.5. The Labute approximate surface area is 187 Å². The lowest BCUT2D eigenvalue weighted by atomic mass is 10.1. The lowest BCUT2D eigenvalue weighted by Gasteiger charge is -2.34. The fourth-order valence-electron chi connectivity index (χ4n) is 4.60. The highest BCUT2D eigenvalue weighted by molar-refractivity contribution is 6.31. The largest absolute Gasteiger partial charge is 0.336 e. The molecule has 0 saturated carbocycles. The summed E-state index contributed by atoms with van der Waals surface area (Å²) in [7, 11) is 0. The van der Waals surface area contributed by atoms with Crippen LogP contribution in [0.4, 0.5) is 0 Å². The first-order valence-corrected chi connectivity index (χ1v) is 11.5. The van der Waals surface area contributed by atoms with Gasteiger partial charge >= 0.3 is 0 Å². The van der Waals surface area contributed by atoms with E-state index in [1.54, 1.807) is 0 Å². The molecule has 7 nitrogen and oxygen atoms in total. The fourth-order valence-corrected chi connectivity index (χ4v) is 4.78. The summed E-state index contributed by atoms with van der Waals surface area (Å²) in [5, 5.41) is 10.4. The van der Waals surface area contributed by atoms with Gasteiger partial charge in [-0.2, -0.15) is 0 Å². The van der Waals surface area contributed by atoms with Gasteiger partial charge in [0.1, 0.15) is 11.6 Å². The Morgan fingerprint density at radius 3 is 2.71 bits per heavy atom. The molecule has 162 valence electrons. The number of hydrogen-bond donors (Lipinski definition) is 0. The van der Waals surface area contributed by atoms with Crippen molar-refractivity contribution in [1.29, 1.82) is 0 Å². The number of fused-ring (bicyclic) bond motifs is 2. The minimum absolute atomic E-state index is 0.0443. The molecule has 0 N–H and O–H groups in total. The molecule has 1 saturated heterocycles. The minimum atomic E-state index is 0.0443. The van der Waals surface area contributed by atoms with Gasteiger partial charge in [0.15, 0.2) is 0 Å². The van der Waals surface area contributed by atoms with Gasteiger partial charge in [0.2, 0.25) is 0 Å². The van der Waals surface area contributed by atoms with Crippen molar-refractivity contribution in [1.82, 2.24) is 29.5 Å². The third kappa shape index (κ3) is 4.16. The van der Waals surface area contributed by atoms with Crippen molar-refractivity contribution in [2.45, 2.75) is 45.7 Å². The van der Waals surface area contributed by atoms with Crippen LogP contribution in [0, 0.1) is 6.92 Å². The van der Waals surface area contributed by atoms with Crippen LogP contribution in [-0.4, -0.2) is 61.6 Å². The third-order valence-corrected chi connectivity index (χ3v) is 6.64. The van der Waals surface area contributed by atoms with Gasteiger partial charge in [-0.3, -0.25) is 14.7 Å². The summed E-state index contributed by atoms with van der Waals surface area (Å²) in [4.78, 5) is 22.1. The van der Waals surface area contributed by atoms with Gasteiger partial charge in [0.05, 0.1) is 23.3 Å². The number of amides is 1. The predicted molar refractivity (Wildman–Crippen MR) is 120 cm³/mol. The molecule has 1 amide bonds. The molecule has 31 heavy (non-hydrogen) atoms. The second kappa shape index (κ2) is 8.55. The summed E-state index contributed by atoms with van der Waals surface area (Å²) >= 11 is 6.13. The van der Waals surface area contributed by atoms with Crippen LogP contribution in [-0.2, 0) is 19.5 Å². The third-order valence-electron chi connectivity index (χ3n) is 6.41. The molecular weight excluding hydrogens is 412 g/mol. The molecule has 1 fully saturated rings. The average molecular weight is 439 g/mol. The monoisotopic (exact) mass is 438 g/mol. The molecule has 4 heterocycles. The van der Waals surface area contributed by atoms with Crippen molar-refractivity contribution in [3.8, 4) is 0 Å². The lowest BCUT2D eigenvalue weighted by Crippen LogP contribution is -2.48. The molecule has 0 unspecified atom stereocenters. The Bertz CT molecular complexity index is 1120. The average Bonchev–Trinajstić information content (AvgIpc) is 2.99. The quantitative estimate of drug-likeness (QED) is 0.626. The van der Waals surface area contributed by atoms with E-state index < -0.39 is 0 Å². The fraction of sp³-hybridized carbons (Fsp3) is 0.478. The van der Waals surface area contributed by atoms with Crippen molar-refractivity contribution in [3.63, 3.8) is 0 Å². The zero-order chi connectivity index (χ0) is 21.4. The van der Waals surface area contributed by atoms with Gasteiger partial charge in [-0.05, 0) is 44.0 Å². The van der Waals surface area contributed by atoms with E-state index in [0.29, 0.717) is 23.7 Å². The molecule has 2 aromatic heterocycles. The predicted octanol–water partition coefficient (Wildman–Crippen LogP) is 3.47. The number of carbonyl (C=O) groups excluding carboxylic acids is 1. The van der Waals surface area contributed by atoms with E-state index >= 15 is 0 Å². The minimum Gasteiger partial charge on any atom is -0.336 e. The van der Waals surface area contributed by atoms with Crippen molar-refractivity contribution in [3.05, 3.63) is 52.2 Å². The second-order valence-corrected chi connectivity index (χ2v) is 8.96. The van der Waals surface area contributed by atoms with Crippen LogP contribution in [0.15, 0.2) is 24.3 Å². The van der Waals surface area contributed by atoms with E-state index in [-0.39, 0.29) is 5.91 Å². The number of nitrogens with zero attached hydrogens (tertiary/aromatic N) is 6. The first-order chi connectivity index (χ1) is 15.1. The summed E-state index contributed by atoms with van der Waals surface area (Å²) in [6.07, 6.45) is 4.69. The van der Waals surface area contributed by atoms with Crippen LogP contribution in [0.3, 0.4) is 0 Å². The Hall–Kier alpha value is -2.51. The van der Waals surface area contributed by atoms with Crippen molar-refractivity contribution < 1.29 is 4.79 Å². The summed E-state index contributed by atoms with van der Waals surface area (Å²) in [5.41, 5.74) is 2.27. The number of halogens is 1. The Balaban J connectivity index is 1.26. The molecule has 3 aromatic rings. The maximum absolute atomic E-state index is 13.2. The number of aromatic nitrogens is 4. The van der Waals surface area contributed by atoms with E-state index in [1.807, 2.05) is 36.1 Å². The highest BCUT2D eigenvalue weighted by Gasteiger charge is 2.25. The maximum atomic E-state index is 13.2. The highest BCUT2D eigenvalue weighted by Crippen LogP contribution is 2.22. The molecular formula is C23H27ClN6O. The first-order valence-electron chi connectivity index (χ1n) is 11.1. The number of piperazine rings is 1. The summed E-state index contributed by atoms with van der Waals surface area (Å²) in [6, 6.07) is 7.50. The Kier molecular flexibility index (Phi) is 5.63. The smallest absolute Gasteiger partial charge is 0.255 e. The molecule has 5 rings (SSSR count). The van der Waals surface area contributed by atoms with Crippen LogP contribution in [0.25, 0.3) is 10.9 Å². The standard InChI is InChI=1S/C23H27ClN6O/c1-16-19(14-17-13-18(24)6-7-20(17)25-16)23(31)29-11-9-28(10-12-29)15-22-27-26-21-5-3-2-4-8-30(21)22/h6-7,13-14H,2-5,8-12,15H2,1H3. The molecule has 0 aliphatic carbocycles. The van der Waals surface area contributed by atoms with Crippen LogP contribution in [0.5, 0.6) is 0 Å². The molecule has 2 aliphatic heterocycles. The van der Waals surface area contributed by atoms with E-state index in [0.717, 1.165) is 60.8 Å². The van der Waals surface area contributed by atoms with Gasteiger partial charge in [0, 0.05) is 49.6 Å². The number of carbonyl (C=O) groups is 1. The van der Waals surface area contributed by atoms with Gasteiger partial charge in [-0.25, -0.2) is 0 Å². The van der Waals surface area contributed by atoms with Gasteiger partial charge in [0.25, 0.3) is 5.91 Å². The van der Waals surface area contributed by atoms with E-state index in [9.17, 15) is 4.79 Å². The Morgan fingerprint density at radius 2 is 1.87 bits per heavy atom. The van der Waals surface area contributed by atoms with Gasteiger partial charge < -0.3 is 9.47 Å². The number of rotatable bonds is 3. The van der Waals surface area contributed by atoms with Crippen molar-refractivity contribution in [2.24, 2.45) is 0 Å². The Morgan fingerprint density at radius 1 is 1.03 bits per heavy atom. The van der Waals surface area contributed by atoms with Gasteiger partial charge in [-0.15, -0.1) is 10.2 Å². The maximum Gasteiger partial charge on any atom is 0.255 e. The molecule has 0 bridgehead atoms. The number of hydrogen-bond acceptors (Lipinski definition) is 5. The number of benzene rings is 1. The number of aryl methyl sites for hydroxylation is 2. The lowest BCUT2D eigenvalue weighted by molar-refractivity contribution is 0.0623. The van der Waals surface area contributed by atoms with Crippen LogP contribution >= 0.6 is 11.6 Å². The number of pyridine rings is 1. The van der Waals surface area contributed by atoms with Crippen LogP contribution in [0.2, 0.25) is 5.02 Å². The van der Waals surface area contributed by atoms with Gasteiger partial charge in [-0.1, -0.05) is 18.0 Å². The SMILES string of the molecule is Cc1nc2ccc(Cl)cc2cc1C(=O)N1CCN(Cc2nnc3n2CCCCC3)CC1.